The lowest BCUT2D eigenvalue weighted by molar-refractivity contribution is 0.473. The summed E-state index contributed by atoms with van der Waals surface area (Å²) in [5.41, 5.74) is 3.70. The van der Waals surface area contributed by atoms with Crippen LogP contribution in [-0.2, 0) is 0 Å². The van der Waals surface area contributed by atoms with Gasteiger partial charge in [0.2, 0.25) is 0 Å². The zero-order valence-corrected chi connectivity index (χ0v) is 15.3. The van der Waals surface area contributed by atoms with Crippen LogP contribution in [0.2, 0.25) is 5.02 Å². The Hall–Kier alpha value is -2.11. The van der Waals surface area contributed by atoms with Crippen molar-refractivity contribution in [2.24, 2.45) is 0 Å². The summed E-state index contributed by atoms with van der Waals surface area (Å²) in [6.07, 6.45) is 5.89. The van der Waals surface area contributed by atoms with Gasteiger partial charge in [0.05, 0.1) is 5.52 Å². The number of hydrogen-bond donors (Lipinski definition) is 3. The highest BCUT2D eigenvalue weighted by Crippen LogP contribution is 2.37. The van der Waals surface area contributed by atoms with Gasteiger partial charge in [-0.05, 0) is 63.5 Å². The standard InChI is InChI=1S/C14H12ClN3O.C5H11N/c1-7-5-9(15)6-11(13(7)19)10-3-4-16-14-12(10)17-8(2)18-14;1-2-4-6-5-3-1/h3-6,19H,1-2H3,(H,16,17,18);6H,1-5H2. The molecule has 0 saturated carbocycles. The molecule has 132 valence electrons. The van der Waals surface area contributed by atoms with Crippen LogP contribution >= 0.6 is 11.6 Å². The van der Waals surface area contributed by atoms with Gasteiger partial charge in [-0.15, -0.1) is 0 Å². The van der Waals surface area contributed by atoms with Crippen LogP contribution in [0.1, 0.15) is 30.7 Å². The summed E-state index contributed by atoms with van der Waals surface area (Å²) >= 11 is 6.08. The third kappa shape index (κ3) is 4.11. The van der Waals surface area contributed by atoms with Gasteiger partial charge in [0.15, 0.2) is 5.65 Å². The Labute approximate surface area is 152 Å². The first-order valence-electron chi connectivity index (χ1n) is 8.58. The van der Waals surface area contributed by atoms with Crippen molar-refractivity contribution in [3.63, 3.8) is 0 Å². The van der Waals surface area contributed by atoms with Crippen LogP contribution in [0.3, 0.4) is 0 Å². The van der Waals surface area contributed by atoms with E-state index >= 15 is 0 Å². The Morgan fingerprint density at radius 2 is 1.84 bits per heavy atom. The third-order valence-corrected chi connectivity index (χ3v) is 4.49. The molecule has 0 amide bonds. The highest BCUT2D eigenvalue weighted by molar-refractivity contribution is 6.31. The molecule has 1 aliphatic rings. The number of H-pyrrole nitrogens is 1. The number of aromatic hydroxyl groups is 1. The smallest absolute Gasteiger partial charge is 0.178 e. The average molecular weight is 359 g/mol. The molecule has 0 aliphatic carbocycles. The van der Waals surface area contributed by atoms with E-state index in [-0.39, 0.29) is 5.75 Å². The fourth-order valence-electron chi connectivity index (χ4n) is 2.99. The molecule has 25 heavy (non-hydrogen) atoms. The normalized spacial score (nSPS) is 14.2. The first-order valence-corrected chi connectivity index (χ1v) is 8.95. The maximum absolute atomic E-state index is 10.2. The van der Waals surface area contributed by atoms with Gasteiger partial charge in [-0.25, -0.2) is 9.97 Å². The summed E-state index contributed by atoms with van der Waals surface area (Å²) in [7, 11) is 0. The van der Waals surface area contributed by atoms with Crippen LogP contribution in [0.15, 0.2) is 24.4 Å². The SMILES string of the molecule is C1CCNCC1.Cc1nc2nccc(-c3cc(Cl)cc(C)c3O)c2[nH]1. The molecule has 0 unspecified atom stereocenters. The highest BCUT2D eigenvalue weighted by atomic mass is 35.5. The molecule has 6 heteroatoms. The molecule has 0 bridgehead atoms. The Morgan fingerprint density at radius 1 is 1.08 bits per heavy atom. The second-order valence-electron chi connectivity index (χ2n) is 6.31. The molecule has 2 aromatic heterocycles. The number of nitrogens with zero attached hydrogens (tertiary/aromatic N) is 2. The number of rotatable bonds is 1. The lowest BCUT2D eigenvalue weighted by atomic mass is 10.0. The van der Waals surface area contributed by atoms with Crippen molar-refractivity contribution in [1.82, 2.24) is 20.3 Å². The maximum atomic E-state index is 10.2. The predicted molar refractivity (Wildman–Crippen MR) is 102 cm³/mol. The molecular formula is C19H23ClN4O. The van der Waals surface area contributed by atoms with Gasteiger partial charge in [-0.3, -0.25) is 0 Å². The highest BCUT2D eigenvalue weighted by Gasteiger charge is 2.14. The van der Waals surface area contributed by atoms with Gasteiger partial charge < -0.3 is 15.4 Å². The molecule has 0 atom stereocenters. The first kappa shape index (κ1) is 17.7. The molecule has 0 radical (unpaired) electrons. The van der Waals surface area contributed by atoms with Crippen LogP contribution in [0.25, 0.3) is 22.3 Å². The minimum absolute atomic E-state index is 0.226. The second kappa shape index (κ2) is 7.85. The Morgan fingerprint density at radius 3 is 2.48 bits per heavy atom. The van der Waals surface area contributed by atoms with E-state index in [1.54, 1.807) is 18.3 Å². The van der Waals surface area contributed by atoms with E-state index in [1.165, 1.54) is 32.4 Å². The maximum Gasteiger partial charge on any atom is 0.178 e. The quantitative estimate of drug-likeness (QED) is 0.604. The Kier molecular flexibility index (Phi) is 5.56. The molecule has 1 saturated heterocycles. The summed E-state index contributed by atoms with van der Waals surface area (Å²) in [5.74, 6) is 1.01. The number of nitrogens with one attached hydrogen (secondary N) is 2. The van der Waals surface area contributed by atoms with Crippen LogP contribution in [0.5, 0.6) is 5.75 Å². The van der Waals surface area contributed by atoms with Gasteiger partial charge in [0.1, 0.15) is 11.6 Å². The monoisotopic (exact) mass is 358 g/mol. The van der Waals surface area contributed by atoms with Gasteiger partial charge in [0, 0.05) is 22.3 Å². The largest absolute Gasteiger partial charge is 0.507 e. The van der Waals surface area contributed by atoms with E-state index in [1.807, 2.05) is 19.9 Å². The number of halogens is 1. The molecule has 3 heterocycles. The molecule has 3 aromatic rings. The van der Waals surface area contributed by atoms with Crippen LogP contribution in [0.4, 0.5) is 0 Å². The molecule has 4 rings (SSSR count). The topological polar surface area (TPSA) is 73.8 Å². The lowest BCUT2D eigenvalue weighted by Crippen LogP contribution is -2.21. The number of aromatic nitrogens is 3. The summed E-state index contributed by atoms with van der Waals surface area (Å²) in [5, 5.41) is 14.1. The number of imidazole rings is 1. The number of aromatic amines is 1. The van der Waals surface area contributed by atoms with E-state index in [9.17, 15) is 5.11 Å². The summed E-state index contributed by atoms with van der Waals surface area (Å²) in [4.78, 5) is 11.7. The Balaban J connectivity index is 0.000000258. The number of phenols is 1. The number of hydrogen-bond acceptors (Lipinski definition) is 4. The minimum Gasteiger partial charge on any atom is -0.507 e. The number of aryl methyl sites for hydroxylation is 2. The van der Waals surface area contributed by atoms with Gasteiger partial charge >= 0.3 is 0 Å². The number of pyridine rings is 1. The van der Waals surface area contributed by atoms with E-state index in [4.69, 9.17) is 11.6 Å². The molecule has 1 aliphatic heterocycles. The van der Waals surface area contributed by atoms with Crippen molar-refractivity contribution in [2.45, 2.75) is 33.1 Å². The molecule has 3 N–H and O–H groups in total. The molecule has 0 spiro atoms. The van der Waals surface area contributed by atoms with E-state index in [2.05, 4.69) is 20.3 Å². The first-order chi connectivity index (χ1) is 12.1. The second-order valence-corrected chi connectivity index (χ2v) is 6.75. The molecule has 1 aromatic carbocycles. The predicted octanol–water partition coefficient (Wildman–Crippen LogP) is 4.36. The van der Waals surface area contributed by atoms with Gasteiger partial charge in [-0.2, -0.15) is 0 Å². The third-order valence-electron chi connectivity index (χ3n) is 4.27. The van der Waals surface area contributed by atoms with Crippen molar-refractivity contribution < 1.29 is 5.11 Å². The fraction of sp³-hybridized carbons (Fsp3) is 0.368. The fourth-order valence-corrected chi connectivity index (χ4v) is 3.27. The van der Waals surface area contributed by atoms with Gasteiger partial charge in [0.25, 0.3) is 0 Å². The van der Waals surface area contributed by atoms with Crippen LogP contribution in [-0.4, -0.2) is 33.1 Å². The molecule has 1 fully saturated rings. The molecule has 5 nitrogen and oxygen atoms in total. The summed E-state index contributed by atoms with van der Waals surface area (Å²) in [6.45, 7) is 6.19. The van der Waals surface area contributed by atoms with Crippen molar-refractivity contribution >= 4 is 22.8 Å². The van der Waals surface area contributed by atoms with Crippen molar-refractivity contribution in [1.29, 1.82) is 0 Å². The zero-order valence-electron chi connectivity index (χ0n) is 14.6. The summed E-state index contributed by atoms with van der Waals surface area (Å²) < 4.78 is 0. The van der Waals surface area contributed by atoms with Crippen molar-refractivity contribution in [2.75, 3.05) is 13.1 Å². The number of fused-ring (bicyclic) bond motifs is 1. The summed E-state index contributed by atoms with van der Waals surface area (Å²) in [6, 6.07) is 5.32. The number of piperidine rings is 1. The Bertz CT molecular complexity index is 860. The van der Waals surface area contributed by atoms with Crippen molar-refractivity contribution in [3.05, 3.63) is 40.8 Å². The average Bonchev–Trinajstić information content (AvgIpc) is 3.00. The number of benzene rings is 1. The minimum atomic E-state index is 0.226. The van der Waals surface area contributed by atoms with Gasteiger partial charge in [-0.1, -0.05) is 18.0 Å². The van der Waals surface area contributed by atoms with E-state index < -0.39 is 0 Å². The van der Waals surface area contributed by atoms with Crippen LogP contribution in [0, 0.1) is 13.8 Å². The van der Waals surface area contributed by atoms with E-state index in [0.29, 0.717) is 16.2 Å². The van der Waals surface area contributed by atoms with Crippen LogP contribution < -0.4 is 5.32 Å². The van der Waals surface area contributed by atoms with E-state index in [0.717, 1.165) is 22.5 Å². The molecular weight excluding hydrogens is 336 g/mol. The lowest BCUT2D eigenvalue weighted by Gasteiger charge is -2.09. The number of phenolic OH excluding ortho intramolecular Hbond substituents is 1. The van der Waals surface area contributed by atoms with Crippen molar-refractivity contribution in [3.8, 4) is 16.9 Å². The zero-order chi connectivity index (χ0) is 17.8.